The molecular weight excluding hydrogens is 530 g/mol. The molecule has 0 saturated heterocycles. The van der Waals surface area contributed by atoms with Crippen LogP contribution in [0.2, 0.25) is 0 Å². The molecule has 40 heavy (non-hydrogen) atoms. The molecule has 210 valence electrons. The number of para-hydroxylation sites is 1. The molecule has 4 rings (SSSR count). The number of nitrogens with zero attached hydrogens (tertiary/aromatic N) is 1. The van der Waals surface area contributed by atoms with Crippen LogP contribution >= 0.6 is 0 Å². The Balaban J connectivity index is 1.64. The number of rotatable bonds is 11. The van der Waals surface area contributed by atoms with Crippen LogP contribution in [0.4, 0.5) is 5.69 Å². The summed E-state index contributed by atoms with van der Waals surface area (Å²) in [5.41, 5.74) is 6.31. The van der Waals surface area contributed by atoms with Crippen molar-refractivity contribution >= 4 is 32.6 Å². The van der Waals surface area contributed by atoms with Gasteiger partial charge in [-0.15, -0.1) is 0 Å². The zero-order chi connectivity index (χ0) is 28.9. The average molecular weight is 564 g/mol. The number of nitrogens with two attached hydrogens (primary N) is 1. The fourth-order valence-corrected chi connectivity index (χ4v) is 6.04. The molecule has 0 bridgehead atoms. The van der Waals surface area contributed by atoms with Gasteiger partial charge in [-0.3, -0.25) is 4.79 Å². The maximum absolute atomic E-state index is 13.5. The predicted octanol–water partition coefficient (Wildman–Crippen LogP) is 3.42. The van der Waals surface area contributed by atoms with Gasteiger partial charge in [0.1, 0.15) is 11.1 Å². The molecule has 3 aromatic carbocycles. The van der Waals surface area contributed by atoms with Crippen LogP contribution in [0.1, 0.15) is 29.8 Å². The number of anilines is 1. The molecular formula is C30H33N3O6S. The normalized spacial score (nSPS) is 13.4. The molecule has 0 aliphatic heterocycles. The zero-order valence-corrected chi connectivity index (χ0v) is 23.2. The molecule has 2 atom stereocenters. The van der Waals surface area contributed by atoms with Crippen LogP contribution in [0.25, 0.3) is 11.0 Å². The van der Waals surface area contributed by atoms with Gasteiger partial charge in [-0.25, -0.2) is 13.2 Å². The first kappa shape index (κ1) is 29.0. The van der Waals surface area contributed by atoms with E-state index in [0.717, 1.165) is 5.56 Å². The first-order valence-corrected chi connectivity index (χ1v) is 14.4. The van der Waals surface area contributed by atoms with Gasteiger partial charge in [-0.05, 0) is 54.3 Å². The number of nitrogens with one attached hydrogen (secondary N) is 1. The largest absolute Gasteiger partial charge is 0.422 e. The molecule has 0 aliphatic rings. The van der Waals surface area contributed by atoms with Crippen molar-refractivity contribution in [1.29, 1.82) is 0 Å². The Kier molecular flexibility index (Phi) is 9.03. The van der Waals surface area contributed by atoms with Gasteiger partial charge >= 0.3 is 5.63 Å². The Morgan fingerprint density at radius 2 is 1.62 bits per heavy atom. The van der Waals surface area contributed by atoms with E-state index in [2.05, 4.69) is 5.32 Å². The number of sulfonamides is 1. The van der Waals surface area contributed by atoms with Gasteiger partial charge in [0.2, 0.25) is 10.0 Å². The van der Waals surface area contributed by atoms with E-state index < -0.39 is 33.7 Å². The number of hydrogen-bond acceptors (Lipinski definition) is 7. The van der Waals surface area contributed by atoms with Crippen LogP contribution < -0.4 is 16.7 Å². The molecule has 0 fully saturated rings. The topological polar surface area (TPSA) is 143 Å². The summed E-state index contributed by atoms with van der Waals surface area (Å²) < 4.78 is 33.6. The third-order valence-electron chi connectivity index (χ3n) is 6.44. The Labute approximate surface area is 233 Å². The monoisotopic (exact) mass is 563 g/mol. The van der Waals surface area contributed by atoms with Crippen LogP contribution in [0.3, 0.4) is 0 Å². The van der Waals surface area contributed by atoms with Crippen molar-refractivity contribution in [3.8, 4) is 0 Å². The van der Waals surface area contributed by atoms with Gasteiger partial charge in [0.05, 0.1) is 17.0 Å². The molecule has 0 aliphatic carbocycles. The van der Waals surface area contributed by atoms with E-state index in [1.165, 1.54) is 34.6 Å². The lowest BCUT2D eigenvalue weighted by Crippen LogP contribution is -2.51. The van der Waals surface area contributed by atoms with Crippen molar-refractivity contribution in [3.05, 3.63) is 106 Å². The van der Waals surface area contributed by atoms with Gasteiger partial charge in [0.25, 0.3) is 5.91 Å². The number of aliphatic hydroxyl groups excluding tert-OH is 1. The fourth-order valence-electron chi connectivity index (χ4n) is 4.42. The fraction of sp³-hybridized carbons (Fsp3) is 0.267. The minimum Gasteiger partial charge on any atom is -0.422 e. The lowest BCUT2D eigenvalue weighted by molar-refractivity contribution is 0.0773. The first-order chi connectivity index (χ1) is 19.0. The summed E-state index contributed by atoms with van der Waals surface area (Å²) in [5.74, 6) is -0.767. The van der Waals surface area contributed by atoms with Crippen LogP contribution in [0.15, 0.2) is 99.0 Å². The van der Waals surface area contributed by atoms with Crippen molar-refractivity contribution in [3.63, 3.8) is 0 Å². The summed E-state index contributed by atoms with van der Waals surface area (Å²) in [7, 11) is -3.99. The van der Waals surface area contributed by atoms with Crippen molar-refractivity contribution in [2.24, 2.45) is 5.92 Å². The van der Waals surface area contributed by atoms with E-state index in [1.807, 2.05) is 44.2 Å². The van der Waals surface area contributed by atoms with E-state index >= 15 is 0 Å². The highest BCUT2D eigenvalue weighted by Crippen LogP contribution is 2.21. The SMILES string of the molecule is CC(C)CN(C[C@@H](O)[C@H](Cc1ccccc1)NC(=O)c1cc2ccccc2oc1=O)S(=O)(=O)c1ccc(N)cc1. The summed E-state index contributed by atoms with van der Waals surface area (Å²) >= 11 is 0. The van der Waals surface area contributed by atoms with E-state index in [0.29, 0.717) is 16.7 Å². The van der Waals surface area contributed by atoms with Crippen LogP contribution in [0, 0.1) is 5.92 Å². The number of carbonyl (C=O) groups is 1. The summed E-state index contributed by atoms with van der Waals surface area (Å²) in [5, 5.41) is 14.7. The average Bonchev–Trinajstić information content (AvgIpc) is 2.92. The molecule has 0 saturated carbocycles. The predicted molar refractivity (Wildman–Crippen MR) is 154 cm³/mol. The zero-order valence-electron chi connectivity index (χ0n) is 22.4. The highest BCUT2D eigenvalue weighted by atomic mass is 32.2. The number of carbonyl (C=O) groups excluding carboxylic acids is 1. The Morgan fingerprint density at radius 3 is 2.30 bits per heavy atom. The van der Waals surface area contributed by atoms with E-state index in [1.54, 1.807) is 24.3 Å². The smallest absolute Gasteiger partial charge is 0.349 e. The molecule has 4 aromatic rings. The minimum absolute atomic E-state index is 0.0415. The van der Waals surface area contributed by atoms with Crippen LogP contribution in [-0.2, 0) is 16.4 Å². The third-order valence-corrected chi connectivity index (χ3v) is 8.29. The standard InChI is InChI=1S/C30H33N3O6S/c1-20(2)18-33(40(37,38)24-14-12-23(31)13-15-24)19-27(34)26(16-21-8-4-3-5-9-21)32-29(35)25-17-22-10-6-7-11-28(22)39-30(25)36/h3-15,17,20,26-27,34H,16,18-19,31H2,1-2H3,(H,32,35)/t26-,27+/m0/s1. The Bertz CT molecular complexity index is 1620. The molecule has 9 nitrogen and oxygen atoms in total. The Hall–Kier alpha value is -3.99. The number of fused-ring (bicyclic) bond motifs is 1. The molecule has 1 aromatic heterocycles. The quantitative estimate of drug-likeness (QED) is 0.187. The van der Waals surface area contributed by atoms with Gasteiger partial charge in [0.15, 0.2) is 0 Å². The summed E-state index contributed by atoms with van der Waals surface area (Å²) in [6.07, 6.45) is -1.11. The van der Waals surface area contributed by atoms with Gasteiger partial charge in [0, 0.05) is 24.2 Å². The molecule has 0 radical (unpaired) electrons. The molecule has 0 spiro atoms. The van der Waals surface area contributed by atoms with Gasteiger partial charge < -0.3 is 20.6 Å². The van der Waals surface area contributed by atoms with Gasteiger partial charge in [-0.1, -0.05) is 62.4 Å². The second-order valence-corrected chi connectivity index (χ2v) is 12.0. The van der Waals surface area contributed by atoms with Crippen molar-refractivity contribution in [2.75, 3.05) is 18.8 Å². The summed E-state index contributed by atoms with van der Waals surface area (Å²) in [6, 6.07) is 22.4. The second-order valence-electron chi connectivity index (χ2n) is 10.1. The van der Waals surface area contributed by atoms with Crippen molar-refractivity contribution < 1.29 is 22.7 Å². The maximum atomic E-state index is 13.5. The maximum Gasteiger partial charge on any atom is 0.349 e. The van der Waals surface area contributed by atoms with Crippen molar-refractivity contribution in [1.82, 2.24) is 9.62 Å². The third kappa shape index (κ3) is 6.95. The van der Waals surface area contributed by atoms with Crippen LogP contribution in [-0.4, -0.2) is 49.0 Å². The highest BCUT2D eigenvalue weighted by molar-refractivity contribution is 7.89. The van der Waals surface area contributed by atoms with E-state index in [-0.39, 0.29) is 35.9 Å². The lowest BCUT2D eigenvalue weighted by Gasteiger charge is -2.30. The molecule has 1 heterocycles. The number of amides is 1. The van der Waals surface area contributed by atoms with Crippen molar-refractivity contribution in [2.45, 2.75) is 37.3 Å². The summed E-state index contributed by atoms with van der Waals surface area (Å²) in [6.45, 7) is 3.61. The number of nitrogen functional groups attached to an aromatic ring is 1. The first-order valence-electron chi connectivity index (χ1n) is 13.0. The number of hydrogen-bond donors (Lipinski definition) is 3. The highest BCUT2D eigenvalue weighted by Gasteiger charge is 2.32. The van der Waals surface area contributed by atoms with Crippen LogP contribution in [0.5, 0.6) is 0 Å². The lowest BCUT2D eigenvalue weighted by atomic mass is 10.0. The van der Waals surface area contributed by atoms with Gasteiger partial charge in [-0.2, -0.15) is 4.31 Å². The number of benzene rings is 3. The number of aliphatic hydroxyl groups is 1. The second kappa shape index (κ2) is 12.5. The summed E-state index contributed by atoms with van der Waals surface area (Å²) in [4.78, 5) is 26.0. The Morgan fingerprint density at radius 1 is 0.975 bits per heavy atom. The molecule has 4 N–H and O–H groups in total. The molecule has 0 unspecified atom stereocenters. The minimum atomic E-state index is -3.99. The van der Waals surface area contributed by atoms with E-state index in [9.17, 15) is 23.1 Å². The van der Waals surface area contributed by atoms with E-state index in [4.69, 9.17) is 10.2 Å². The molecule has 10 heteroatoms. The molecule has 1 amide bonds.